The molecule has 0 unspecified atom stereocenters. The number of rotatable bonds is 6. The van der Waals surface area contributed by atoms with Crippen LogP contribution in [-0.4, -0.2) is 25.9 Å². The van der Waals surface area contributed by atoms with Crippen molar-refractivity contribution in [3.8, 4) is 0 Å². The van der Waals surface area contributed by atoms with Crippen molar-refractivity contribution < 1.29 is 4.79 Å². The van der Waals surface area contributed by atoms with Crippen molar-refractivity contribution >= 4 is 29.3 Å². The van der Waals surface area contributed by atoms with Gasteiger partial charge in [0.25, 0.3) is 0 Å². The Balaban J connectivity index is 1.56. The summed E-state index contributed by atoms with van der Waals surface area (Å²) in [6, 6.07) is 7.51. The average Bonchev–Trinajstić information content (AvgIpc) is 3.32. The van der Waals surface area contributed by atoms with Gasteiger partial charge in [-0.15, -0.1) is 10.2 Å². The first kappa shape index (κ1) is 16.3. The van der Waals surface area contributed by atoms with Gasteiger partial charge in [0.05, 0.1) is 5.25 Å². The zero-order chi connectivity index (χ0) is 16.4. The lowest BCUT2D eigenvalue weighted by Crippen LogP contribution is -2.30. The van der Waals surface area contributed by atoms with Crippen LogP contribution in [0.25, 0.3) is 0 Å². The average molecular weight is 351 g/mol. The van der Waals surface area contributed by atoms with Gasteiger partial charge in [0.2, 0.25) is 5.91 Å². The molecule has 1 atom stereocenters. The molecule has 1 fully saturated rings. The maximum Gasteiger partial charge on any atom is 0.233 e. The van der Waals surface area contributed by atoms with Gasteiger partial charge in [-0.05, 0) is 31.4 Å². The molecule has 5 nitrogen and oxygen atoms in total. The minimum atomic E-state index is -0.243. The van der Waals surface area contributed by atoms with Crippen LogP contribution in [0.3, 0.4) is 0 Å². The fourth-order valence-electron chi connectivity index (χ4n) is 2.31. The van der Waals surface area contributed by atoms with Gasteiger partial charge in [-0.1, -0.05) is 41.6 Å². The smallest absolute Gasteiger partial charge is 0.233 e. The van der Waals surface area contributed by atoms with E-state index in [9.17, 15) is 4.79 Å². The molecule has 1 heterocycles. The highest BCUT2D eigenvalue weighted by Crippen LogP contribution is 2.39. The number of aromatic nitrogens is 3. The molecule has 1 aromatic heterocycles. The van der Waals surface area contributed by atoms with Crippen LogP contribution in [0.15, 0.2) is 29.4 Å². The largest absolute Gasteiger partial charge is 0.351 e. The SMILES string of the molecule is C[C@H](Sc1nnc(C2CC2)n1C)C(=O)NCc1ccccc1Cl. The number of nitrogens with zero attached hydrogens (tertiary/aromatic N) is 3. The summed E-state index contributed by atoms with van der Waals surface area (Å²) in [6.07, 6.45) is 2.37. The van der Waals surface area contributed by atoms with Crippen LogP contribution in [-0.2, 0) is 18.4 Å². The molecule has 0 aliphatic heterocycles. The van der Waals surface area contributed by atoms with Gasteiger partial charge >= 0.3 is 0 Å². The molecule has 0 bridgehead atoms. The summed E-state index contributed by atoms with van der Waals surface area (Å²) in [5.74, 6) is 1.54. The van der Waals surface area contributed by atoms with E-state index in [-0.39, 0.29) is 11.2 Å². The summed E-state index contributed by atoms with van der Waals surface area (Å²) in [4.78, 5) is 12.3. The van der Waals surface area contributed by atoms with Gasteiger partial charge in [0.15, 0.2) is 5.16 Å². The van der Waals surface area contributed by atoms with Crippen LogP contribution >= 0.6 is 23.4 Å². The first-order chi connectivity index (χ1) is 11.1. The monoisotopic (exact) mass is 350 g/mol. The molecule has 2 aromatic rings. The molecular formula is C16H19ClN4OS. The van der Waals surface area contributed by atoms with Crippen LogP contribution in [0.5, 0.6) is 0 Å². The molecule has 3 rings (SSSR count). The highest BCUT2D eigenvalue weighted by molar-refractivity contribution is 8.00. The number of hydrogen-bond acceptors (Lipinski definition) is 4. The molecule has 7 heteroatoms. The quantitative estimate of drug-likeness (QED) is 0.813. The lowest BCUT2D eigenvalue weighted by Gasteiger charge is -2.12. The van der Waals surface area contributed by atoms with Crippen LogP contribution < -0.4 is 5.32 Å². The number of benzene rings is 1. The second-order valence-electron chi connectivity index (χ2n) is 5.74. The molecule has 1 amide bonds. The molecule has 1 aliphatic rings. The summed E-state index contributed by atoms with van der Waals surface area (Å²) >= 11 is 7.53. The number of carbonyl (C=O) groups excluding carboxylic acids is 1. The third-order valence-corrected chi connectivity index (χ3v) is 5.38. The number of amides is 1. The standard InChI is InChI=1S/C16H19ClN4OS/c1-10(15(22)18-9-12-5-3-4-6-13(12)17)23-16-20-19-14(21(16)2)11-7-8-11/h3-6,10-11H,7-9H2,1-2H3,(H,18,22)/t10-/m0/s1. The number of halogens is 1. The van der Waals surface area contributed by atoms with E-state index in [1.54, 1.807) is 0 Å². The van der Waals surface area contributed by atoms with Crippen LogP contribution in [0.1, 0.15) is 37.1 Å². The third-order valence-electron chi connectivity index (χ3n) is 3.87. The summed E-state index contributed by atoms with van der Waals surface area (Å²) in [7, 11) is 1.96. The van der Waals surface area contributed by atoms with Gasteiger partial charge in [0, 0.05) is 24.5 Å². The van der Waals surface area contributed by atoms with E-state index in [1.165, 1.54) is 24.6 Å². The zero-order valence-corrected chi connectivity index (χ0v) is 14.7. The Morgan fingerprint density at radius 1 is 1.43 bits per heavy atom. The number of hydrogen-bond donors (Lipinski definition) is 1. The molecular weight excluding hydrogens is 332 g/mol. The first-order valence-corrected chi connectivity index (χ1v) is 8.89. The lowest BCUT2D eigenvalue weighted by atomic mass is 10.2. The summed E-state index contributed by atoms with van der Waals surface area (Å²) in [6.45, 7) is 2.30. The Hall–Kier alpha value is -1.53. The number of thioether (sulfide) groups is 1. The topological polar surface area (TPSA) is 59.8 Å². The summed E-state index contributed by atoms with van der Waals surface area (Å²) in [5, 5.41) is 12.6. The highest BCUT2D eigenvalue weighted by Gasteiger charge is 2.30. The molecule has 1 aromatic carbocycles. The molecule has 1 N–H and O–H groups in total. The Labute approximate surface area is 144 Å². The van der Waals surface area contributed by atoms with Crippen LogP contribution in [0, 0.1) is 0 Å². The second-order valence-corrected chi connectivity index (χ2v) is 7.46. The van der Waals surface area contributed by atoms with Gasteiger partial charge in [0.1, 0.15) is 5.82 Å². The van der Waals surface area contributed by atoms with E-state index >= 15 is 0 Å². The molecule has 23 heavy (non-hydrogen) atoms. The van der Waals surface area contributed by atoms with Crippen molar-refractivity contribution in [2.24, 2.45) is 7.05 Å². The van der Waals surface area contributed by atoms with Crippen molar-refractivity contribution in [2.75, 3.05) is 0 Å². The van der Waals surface area contributed by atoms with Gasteiger partial charge in [-0.3, -0.25) is 4.79 Å². The lowest BCUT2D eigenvalue weighted by molar-refractivity contribution is -0.120. The molecule has 1 aliphatic carbocycles. The summed E-state index contributed by atoms with van der Waals surface area (Å²) < 4.78 is 2.00. The van der Waals surface area contributed by atoms with Crippen LogP contribution in [0.4, 0.5) is 0 Å². The maximum atomic E-state index is 12.3. The van der Waals surface area contributed by atoms with E-state index in [2.05, 4.69) is 15.5 Å². The third kappa shape index (κ3) is 3.87. The van der Waals surface area contributed by atoms with Crippen molar-refractivity contribution in [3.05, 3.63) is 40.7 Å². The molecule has 0 saturated heterocycles. The van der Waals surface area contributed by atoms with Crippen molar-refractivity contribution in [2.45, 2.75) is 42.6 Å². The fraction of sp³-hybridized carbons (Fsp3) is 0.438. The van der Waals surface area contributed by atoms with E-state index in [1.807, 2.05) is 42.8 Å². The zero-order valence-electron chi connectivity index (χ0n) is 13.1. The minimum Gasteiger partial charge on any atom is -0.351 e. The van der Waals surface area contributed by atoms with Gasteiger partial charge in [-0.2, -0.15) is 0 Å². The highest BCUT2D eigenvalue weighted by atomic mass is 35.5. The second kappa shape index (κ2) is 6.93. The van der Waals surface area contributed by atoms with E-state index < -0.39 is 0 Å². The minimum absolute atomic E-state index is 0.0362. The van der Waals surface area contributed by atoms with Crippen molar-refractivity contribution in [3.63, 3.8) is 0 Å². The Kier molecular flexibility index (Phi) is 4.92. The molecule has 122 valence electrons. The Morgan fingerprint density at radius 2 is 2.17 bits per heavy atom. The van der Waals surface area contributed by atoms with E-state index in [0.717, 1.165) is 16.5 Å². The number of carbonyl (C=O) groups is 1. The Morgan fingerprint density at radius 3 is 2.87 bits per heavy atom. The van der Waals surface area contributed by atoms with Crippen LogP contribution in [0.2, 0.25) is 5.02 Å². The van der Waals surface area contributed by atoms with E-state index in [4.69, 9.17) is 11.6 Å². The number of nitrogens with one attached hydrogen (secondary N) is 1. The first-order valence-electron chi connectivity index (χ1n) is 7.63. The molecule has 0 radical (unpaired) electrons. The van der Waals surface area contributed by atoms with Crippen molar-refractivity contribution in [1.82, 2.24) is 20.1 Å². The van der Waals surface area contributed by atoms with E-state index in [0.29, 0.717) is 17.5 Å². The maximum absolute atomic E-state index is 12.3. The van der Waals surface area contributed by atoms with Gasteiger partial charge < -0.3 is 9.88 Å². The normalized spacial score (nSPS) is 15.4. The Bertz CT molecular complexity index is 714. The molecule has 1 saturated carbocycles. The van der Waals surface area contributed by atoms with Crippen molar-refractivity contribution in [1.29, 1.82) is 0 Å². The van der Waals surface area contributed by atoms with Gasteiger partial charge in [-0.25, -0.2) is 0 Å². The predicted octanol–water partition coefficient (Wildman–Crippen LogP) is 3.14. The summed E-state index contributed by atoms with van der Waals surface area (Å²) in [5.41, 5.74) is 0.911. The fourth-order valence-corrected chi connectivity index (χ4v) is 3.35. The predicted molar refractivity (Wildman–Crippen MR) is 91.6 cm³/mol. The molecule has 0 spiro atoms.